The highest BCUT2D eigenvalue weighted by atomic mass is 16.7. The quantitative estimate of drug-likeness (QED) is 0.554. The van der Waals surface area contributed by atoms with Crippen LogP contribution in [0.5, 0.6) is 0 Å². The Morgan fingerprint density at radius 1 is 1.00 bits per heavy atom. The molecule has 0 aromatic rings. The second-order valence-electron chi connectivity index (χ2n) is 2.76. The Morgan fingerprint density at radius 2 is 1.46 bits per heavy atom. The van der Waals surface area contributed by atoms with Crippen molar-refractivity contribution in [1.29, 1.82) is 0 Å². The molecule has 0 N–H and O–H groups in total. The summed E-state index contributed by atoms with van der Waals surface area (Å²) in [5, 5.41) is 0. The molecule has 0 amide bonds. The van der Waals surface area contributed by atoms with Gasteiger partial charge in [-0.3, -0.25) is 0 Å². The van der Waals surface area contributed by atoms with Crippen LogP contribution in [0.15, 0.2) is 0 Å². The van der Waals surface area contributed by atoms with Crippen LogP contribution >= 0.6 is 0 Å². The summed E-state index contributed by atoms with van der Waals surface area (Å²) in [5.74, 6) is 0. The fourth-order valence-electron chi connectivity index (χ4n) is 1.14. The highest BCUT2D eigenvalue weighted by molar-refractivity contribution is 4.75. The number of rotatable bonds is 6. The van der Waals surface area contributed by atoms with Crippen molar-refractivity contribution in [2.75, 3.05) is 41.0 Å². The summed E-state index contributed by atoms with van der Waals surface area (Å²) < 4.78 is 25.5. The summed E-state index contributed by atoms with van der Waals surface area (Å²) >= 11 is 0. The van der Waals surface area contributed by atoms with E-state index < -0.39 is 0 Å². The Balaban J connectivity index is 2.18. The summed E-state index contributed by atoms with van der Waals surface area (Å²) in [6.45, 7) is 1.64. The second-order valence-corrected chi connectivity index (χ2v) is 2.76. The lowest BCUT2D eigenvalue weighted by molar-refractivity contribution is -0.139. The first-order chi connectivity index (χ1) is 6.38. The van der Waals surface area contributed by atoms with Crippen LogP contribution < -0.4 is 0 Å². The summed E-state index contributed by atoms with van der Waals surface area (Å²) in [6.07, 6.45) is -0.0924. The van der Waals surface area contributed by atoms with Gasteiger partial charge < -0.3 is 23.7 Å². The Labute approximate surface area is 77.9 Å². The molecule has 5 nitrogen and oxygen atoms in total. The molecule has 0 aliphatic carbocycles. The van der Waals surface area contributed by atoms with E-state index in [4.69, 9.17) is 23.7 Å². The molecule has 78 valence electrons. The van der Waals surface area contributed by atoms with Gasteiger partial charge in [0.15, 0.2) is 0 Å². The second kappa shape index (κ2) is 6.28. The van der Waals surface area contributed by atoms with Gasteiger partial charge in [-0.1, -0.05) is 0 Å². The maximum Gasteiger partial charge on any atom is 0.146 e. The van der Waals surface area contributed by atoms with Crippen LogP contribution in [0.2, 0.25) is 0 Å². The van der Waals surface area contributed by atoms with Crippen molar-refractivity contribution in [3.05, 3.63) is 0 Å². The van der Waals surface area contributed by atoms with Crippen LogP contribution in [-0.2, 0) is 23.7 Å². The fourth-order valence-corrected chi connectivity index (χ4v) is 1.14. The average Bonchev–Trinajstić information content (AvgIpc) is 2.59. The molecule has 0 aromatic heterocycles. The lowest BCUT2D eigenvalue weighted by Gasteiger charge is -2.17. The van der Waals surface area contributed by atoms with Gasteiger partial charge >= 0.3 is 0 Å². The van der Waals surface area contributed by atoms with Crippen molar-refractivity contribution < 1.29 is 23.7 Å². The molecule has 1 aliphatic rings. The van der Waals surface area contributed by atoms with E-state index in [-0.39, 0.29) is 25.8 Å². The van der Waals surface area contributed by atoms with Crippen molar-refractivity contribution in [1.82, 2.24) is 0 Å². The summed E-state index contributed by atoms with van der Waals surface area (Å²) in [6, 6.07) is 0. The van der Waals surface area contributed by atoms with Crippen molar-refractivity contribution in [2.24, 2.45) is 0 Å². The van der Waals surface area contributed by atoms with Gasteiger partial charge in [0.2, 0.25) is 0 Å². The van der Waals surface area contributed by atoms with Crippen LogP contribution in [0.3, 0.4) is 0 Å². The number of ether oxygens (including phenoxy) is 5. The smallest absolute Gasteiger partial charge is 0.146 e. The van der Waals surface area contributed by atoms with Crippen LogP contribution in [0, 0.1) is 0 Å². The molecule has 1 saturated heterocycles. The molecule has 0 aromatic carbocycles. The summed E-state index contributed by atoms with van der Waals surface area (Å²) in [5.41, 5.74) is 0. The van der Waals surface area contributed by atoms with E-state index in [1.54, 1.807) is 14.2 Å². The topological polar surface area (TPSA) is 46.2 Å². The third-order valence-electron chi connectivity index (χ3n) is 1.78. The summed E-state index contributed by atoms with van der Waals surface area (Å²) in [4.78, 5) is 0. The molecule has 0 radical (unpaired) electrons. The molecular weight excluding hydrogens is 176 g/mol. The monoisotopic (exact) mass is 192 g/mol. The van der Waals surface area contributed by atoms with E-state index in [0.717, 1.165) is 0 Å². The van der Waals surface area contributed by atoms with Gasteiger partial charge in [0.1, 0.15) is 25.8 Å². The Kier molecular flexibility index (Phi) is 5.26. The predicted molar refractivity (Wildman–Crippen MR) is 44.3 cm³/mol. The van der Waals surface area contributed by atoms with E-state index in [9.17, 15) is 0 Å². The van der Waals surface area contributed by atoms with Gasteiger partial charge in [-0.05, 0) is 0 Å². The zero-order valence-electron chi connectivity index (χ0n) is 8.02. The standard InChI is InChI=1S/C8H16O5/c1-9-5-12-7-3-11-4-8(7)13-6-10-2/h7-8H,3-6H2,1-2H3/t7-,8?/m0/s1. The van der Waals surface area contributed by atoms with Gasteiger partial charge in [-0.15, -0.1) is 0 Å². The number of hydrogen-bond donors (Lipinski definition) is 0. The van der Waals surface area contributed by atoms with Crippen molar-refractivity contribution in [3.63, 3.8) is 0 Å². The zero-order valence-corrected chi connectivity index (χ0v) is 8.02. The van der Waals surface area contributed by atoms with E-state index >= 15 is 0 Å². The molecule has 1 heterocycles. The third-order valence-corrected chi connectivity index (χ3v) is 1.78. The Morgan fingerprint density at radius 3 is 1.85 bits per heavy atom. The maximum absolute atomic E-state index is 5.33. The molecule has 13 heavy (non-hydrogen) atoms. The minimum atomic E-state index is -0.0462. The van der Waals surface area contributed by atoms with Crippen molar-refractivity contribution in [2.45, 2.75) is 12.2 Å². The molecule has 0 bridgehead atoms. The zero-order chi connectivity index (χ0) is 9.52. The maximum atomic E-state index is 5.33. The first-order valence-corrected chi connectivity index (χ1v) is 4.17. The Bertz CT molecular complexity index is 116. The van der Waals surface area contributed by atoms with Gasteiger partial charge in [-0.25, -0.2) is 0 Å². The minimum absolute atomic E-state index is 0.0462. The molecule has 1 fully saturated rings. The molecule has 0 saturated carbocycles. The van der Waals surface area contributed by atoms with Crippen LogP contribution in [0.25, 0.3) is 0 Å². The van der Waals surface area contributed by atoms with Crippen LogP contribution in [0.1, 0.15) is 0 Å². The molecule has 5 heteroatoms. The highest BCUT2D eigenvalue weighted by Crippen LogP contribution is 2.13. The minimum Gasteiger partial charge on any atom is -0.376 e. The third kappa shape index (κ3) is 3.58. The highest BCUT2D eigenvalue weighted by Gasteiger charge is 2.29. The normalized spacial score (nSPS) is 28.2. The van der Waals surface area contributed by atoms with Gasteiger partial charge in [0.25, 0.3) is 0 Å². The lowest BCUT2D eigenvalue weighted by atomic mass is 10.2. The van der Waals surface area contributed by atoms with Gasteiger partial charge in [0, 0.05) is 14.2 Å². The van der Waals surface area contributed by atoms with Crippen LogP contribution in [0.4, 0.5) is 0 Å². The molecule has 1 unspecified atom stereocenters. The van der Waals surface area contributed by atoms with Crippen LogP contribution in [-0.4, -0.2) is 53.2 Å². The summed E-state index contributed by atoms with van der Waals surface area (Å²) in [7, 11) is 3.17. The van der Waals surface area contributed by atoms with Crippen molar-refractivity contribution in [3.8, 4) is 0 Å². The molecule has 0 spiro atoms. The van der Waals surface area contributed by atoms with Gasteiger partial charge in [0.05, 0.1) is 13.2 Å². The van der Waals surface area contributed by atoms with Gasteiger partial charge in [-0.2, -0.15) is 0 Å². The fraction of sp³-hybridized carbons (Fsp3) is 1.00. The lowest BCUT2D eigenvalue weighted by Crippen LogP contribution is -2.31. The predicted octanol–water partition coefficient (Wildman–Crippen LogP) is -0.00520. The molecule has 2 atom stereocenters. The van der Waals surface area contributed by atoms with E-state index in [1.165, 1.54) is 0 Å². The average molecular weight is 192 g/mol. The molecule has 1 rings (SSSR count). The first-order valence-electron chi connectivity index (χ1n) is 4.17. The van der Waals surface area contributed by atoms with Crippen molar-refractivity contribution >= 4 is 0 Å². The number of methoxy groups -OCH3 is 2. The first kappa shape index (κ1) is 10.9. The number of hydrogen-bond acceptors (Lipinski definition) is 5. The SMILES string of the molecule is COCOC1COC[C@@H]1OCOC. The molecule has 1 aliphatic heterocycles. The van der Waals surface area contributed by atoms with E-state index in [2.05, 4.69) is 0 Å². The largest absolute Gasteiger partial charge is 0.376 e. The molecular formula is C8H16O5. The van der Waals surface area contributed by atoms with E-state index in [0.29, 0.717) is 13.2 Å². The Hall–Kier alpha value is -0.200. The van der Waals surface area contributed by atoms with E-state index in [1.807, 2.05) is 0 Å².